The third-order valence-electron chi connectivity index (χ3n) is 5.70. The van der Waals surface area contributed by atoms with Crippen molar-refractivity contribution in [3.05, 3.63) is 99.1 Å². The van der Waals surface area contributed by atoms with E-state index in [1.807, 2.05) is 43.0 Å². The quantitative estimate of drug-likeness (QED) is 0.118. The van der Waals surface area contributed by atoms with Crippen LogP contribution in [0.5, 0.6) is 0 Å². The third kappa shape index (κ3) is 8.03. The molecule has 3 rings (SSSR count). The van der Waals surface area contributed by atoms with E-state index in [-0.39, 0.29) is 11.5 Å². The van der Waals surface area contributed by atoms with Crippen molar-refractivity contribution in [1.29, 1.82) is 10.5 Å². The standard InChI is InChI=1S/C28H26N8O3/c1-20-5-7-22(8-6-20)28(37)34-33-27(32-31-23-9-11-24(12-10-23)36(38)39)26-14-13-25(19-21(26)2)35(17-3-15-29)18-4-16-30/h5-14,19H,3-4,17-18H2,1-2H3,(H,34,37)/b32-31?,33-27-. The molecule has 0 radical (unpaired) electrons. The summed E-state index contributed by atoms with van der Waals surface area (Å²) < 4.78 is 0. The second-order valence-corrected chi connectivity index (χ2v) is 8.52. The molecule has 11 heteroatoms. The number of nitro groups is 1. The van der Waals surface area contributed by atoms with Crippen molar-refractivity contribution in [2.24, 2.45) is 15.3 Å². The monoisotopic (exact) mass is 522 g/mol. The lowest BCUT2D eigenvalue weighted by atomic mass is 10.1. The summed E-state index contributed by atoms with van der Waals surface area (Å²) in [4.78, 5) is 25.1. The number of hydrogen-bond acceptors (Lipinski definition) is 8. The van der Waals surface area contributed by atoms with Gasteiger partial charge in [0.05, 0.1) is 35.6 Å². The molecule has 0 unspecified atom stereocenters. The van der Waals surface area contributed by atoms with Crippen LogP contribution in [0, 0.1) is 46.6 Å². The van der Waals surface area contributed by atoms with Gasteiger partial charge in [0.25, 0.3) is 11.6 Å². The number of amides is 1. The number of anilines is 1. The minimum atomic E-state index is -0.504. The van der Waals surface area contributed by atoms with E-state index in [9.17, 15) is 14.9 Å². The first-order chi connectivity index (χ1) is 18.8. The number of carbonyl (C=O) groups is 1. The molecule has 1 N–H and O–H groups in total. The van der Waals surface area contributed by atoms with Crippen molar-refractivity contribution in [3.63, 3.8) is 0 Å². The third-order valence-corrected chi connectivity index (χ3v) is 5.70. The van der Waals surface area contributed by atoms with Crippen LogP contribution in [-0.4, -0.2) is 29.8 Å². The number of hydrazone groups is 1. The van der Waals surface area contributed by atoms with E-state index >= 15 is 0 Å². The Morgan fingerprint density at radius 1 is 0.974 bits per heavy atom. The fourth-order valence-corrected chi connectivity index (χ4v) is 3.59. The first kappa shape index (κ1) is 28.2. The van der Waals surface area contributed by atoms with Crippen LogP contribution in [0.15, 0.2) is 82.1 Å². The highest BCUT2D eigenvalue weighted by atomic mass is 16.6. The molecule has 0 aliphatic carbocycles. The maximum Gasteiger partial charge on any atom is 0.271 e. The van der Waals surface area contributed by atoms with E-state index in [2.05, 4.69) is 32.9 Å². The van der Waals surface area contributed by atoms with Crippen molar-refractivity contribution < 1.29 is 9.72 Å². The Hall–Kier alpha value is -5.42. The Kier molecular flexibility index (Phi) is 9.94. The van der Waals surface area contributed by atoms with Gasteiger partial charge in [0.1, 0.15) is 0 Å². The van der Waals surface area contributed by atoms with Crippen molar-refractivity contribution in [2.45, 2.75) is 26.7 Å². The molecule has 1 amide bonds. The van der Waals surface area contributed by atoms with Crippen LogP contribution in [0.2, 0.25) is 0 Å². The number of non-ortho nitro benzene ring substituents is 1. The highest BCUT2D eigenvalue weighted by Crippen LogP contribution is 2.23. The molecule has 0 atom stereocenters. The molecule has 11 nitrogen and oxygen atoms in total. The first-order valence-corrected chi connectivity index (χ1v) is 12.0. The van der Waals surface area contributed by atoms with Gasteiger partial charge < -0.3 is 4.90 Å². The normalized spacial score (nSPS) is 11.0. The van der Waals surface area contributed by atoms with Gasteiger partial charge in [-0.3, -0.25) is 14.9 Å². The number of aryl methyl sites for hydroxylation is 2. The minimum absolute atomic E-state index is 0.0722. The van der Waals surface area contributed by atoms with Crippen molar-refractivity contribution >= 4 is 28.8 Å². The number of carbonyl (C=O) groups excluding carboxylic acids is 1. The Labute approximate surface area is 225 Å². The zero-order valence-corrected chi connectivity index (χ0v) is 21.5. The van der Waals surface area contributed by atoms with Crippen LogP contribution in [0.25, 0.3) is 0 Å². The number of benzene rings is 3. The number of azo groups is 1. The van der Waals surface area contributed by atoms with Gasteiger partial charge in [-0.25, -0.2) is 5.43 Å². The summed E-state index contributed by atoms with van der Waals surface area (Å²) in [7, 11) is 0. The van der Waals surface area contributed by atoms with E-state index < -0.39 is 10.8 Å². The largest absolute Gasteiger partial charge is 0.369 e. The predicted molar refractivity (Wildman–Crippen MR) is 147 cm³/mol. The van der Waals surface area contributed by atoms with Gasteiger partial charge in [0.2, 0.25) is 5.84 Å². The zero-order chi connectivity index (χ0) is 28.2. The summed E-state index contributed by atoms with van der Waals surface area (Å²) in [6.07, 6.45) is 0.626. The zero-order valence-electron chi connectivity index (χ0n) is 21.5. The Morgan fingerprint density at radius 2 is 1.62 bits per heavy atom. The lowest BCUT2D eigenvalue weighted by molar-refractivity contribution is -0.384. The Morgan fingerprint density at radius 3 is 2.18 bits per heavy atom. The van der Waals surface area contributed by atoms with Crippen molar-refractivity contribution in [2.75, 3.05) is 18.0 Å². The van der Waals surface area contributed by atoms with E-state index in [4.69, 9.17) is 10.5 Å². The summed E-state index contributed by atoms with van der Waals surface area (Å²) in [5, 5.41) is 41.6. The van der Waals surface area contributed by atoms with Gasteiger partial charge in [-0.2, -0.15) is 10.5 Å². The number of hydrogen-bond donors (Lipinski definition) is 1. The molecule has 0 spiro atoms. The molecule has 0 saturated heterocycles. The molecule has 3 aromatic carbocycles. The summed E-state index contributed by atoms with van der Waals surface area (Å²) in [6, 6.07) is 22.3. The molecule has 196 valence electrons. The average Bonchev–Trinajstić information content (AvgIpc) is 2.94. The van der Waals surface area contributed by atoms with Crippen LogP contribution in [0.1, 0.15) is 39.9 Å². The molecular formula is C28H26N8O3. The molecule has 0 aliphatic rings. The Balaban J connectivity index is 1.95. The van der Waals surface area contributed by atoms with Crippen molar-refractivity contribution in [3.8, 4) is 12.1 Å². The number of nitriles is 2. The lowest BCUT2D eigenvalue weighted by Gasteiger charge is -2.23. The van der Waals surface area contributed by atoms with E-state index in [0.717, 1.165) is 16.8 Å². The molecule has 0 aliphatic heterocycles. The minimum Gasteiger partial charge on any atom is -0.369 e. The number of rotatable bonds is 10. The molecule has 0 fully saturated rings. The van der Waals surface area contributed by atoms with Crippen LogP contribution < -0.4 is 10.3 Å². The molecule has 0 bridgehead atoms. The predicted octanol–water partition coefficient (Wildman–Crippen LogP) is 5.72. The van der Waals surface area contributed by atoms with Gasteiger partial charge in [0, 0.05) is 42.0 Å². The highest BCUT2D eigenvalue weighted by Gasteiger charge is 2.13. The summed E-state index contributed by atoms with van der Waals surface area (Å²) >= 11 is 0. The second-order valence-electron chi connectivity index (χ2n) is 8.52. The fraction of sp³-hybridized carbons (Fsp3) is 0.214. The summed E-state index contributed by atoms with van der Waals surface area (Å²) in [5.74, 6) is -0.301. The van der Waals surface area contributed by atoms with Crippen LogP contribution in [0.4, 0.5) is 17.1 Å². The van der Waals surface area contributed by atoms with Gasteiger partial charge in [-0.15, -0.1) is 15.3 Å². The van der Waals surface area contributed by atoms with Crippen molar-refractivity contribution in [1.82, 2.24) is 5.43 Å². The van der Waals surface area contributed by atoms with Gasteiger partial charge >= 0.3 is 0 Å². The Bertz CT molecular complexity index is 1450. The molecule has 0 heterocycles. The summed E-state index contributed by atoms with van der Waals surface area (Å²) in [6.45, 7) is 4.73. The van der Waals surface area contributed by atoms with E-state index in [0.29, 0.717) is 42.7 Å². The number of nitrogens with one attached hydrogen (secondary N) is 1. The maximum atomic E-state index is 12.7. The van der Waals surface area contributed by atoms with Crippen LogP contribution in [-0.2, 0) is 0 Å². The smallest absolute Gasteiger partial charge is 0.271 e. The van der Waals surface area contributed by atoms with E-state index in [1.165, 1.54) is 24.3 Å². The molecule has 39 heavy (non-hydrogen) atoms. The molecule has 3 aromatic rings. The first-order valence-electron chi connectivity index (χ1n) is 12.0. The maximum absolute atomic E-state index is 12.7. The van der Waals surface area contributed by atoms with Gasteiger partial charge in [-0.1, -0.05) is 17.7 Å². The number of nitrogens with zero attached hydrogens (tertiary/aromatic N) is 7. The number of amidine groups is 1. The average molecular weight is 523 g/mol. The van der Waals surface area contributed by atoms with Gasteiger partial charge in [0.15, 0.2) is 0 Å². The van der Waals surface area contributed by atoms with E-state index in [1.54, 1.807) is 18.2 Å². The molecular weight excluding hydrogens is 496 g/mol. The topological polar surface area (TPSA) is 160 Å². The lowest BCUT2D eigenvalue weighted by Crippen LogP contribution is -2.25. The van der Waals surface area contributed by atoms with Crippen LogP contribution >= 0.6 is 0 Å². The number of nitro benzene ring substituents is 1. The highest BCUT2D eigenvalue weighted by molar-refractivity contribution is 6.02. The summed E-state index contributed by atoms with van der Waals surface area (Å²) in [5.41, 5.74) is 6.45. The SMILES string of the molecule is Cc1ccc(C(=O)N/N=C(\N=Nc2ccc([N+](=O)[O-])cc2)c2ccc(N(CCC#N)CCC#N)cc2C)cc1. The molecule has 0 saturated carbocycles. The van der Waals surface area contributed by atoms with Crippen LogP contribution in [0.3, 0.4) is 0 Å². The fourth-order valence-electron chi connectivity index (χ4n) is 3.59. The second kappa shape index (κ2) is 13.8. The van der Waals surface area contributed by atoms with Gasteiger partial charge in [-0.05, 0) is 61.9 Å². The molecule has 0 aromatic heterocycles.